The number of methoxy groups -OCH3 is 1. The Kier molecular flexibility index (Phi) is 7.93. The minimum Gasteiger partial charge on any atom is -0.497 e. The van der Waals surface area contributed by atoms with Crippen molar-refractivity contribution in [3.8, 4) is 17.3 Å². The summed E-state index contributed by atoms with van der Waals surface area (Å²) in [7, 11) is 1.57. The van der Waals surface area contributed by atoms with Crippen LogP contribution in [0.3, 0.4) is 0 Å². The van der Waals surface area contributed by atoms with Gasteiger partial charge < -0.3 is 14.5 Å². The number of carbonyl (C=O) groups excluding carboxylic acids is 2. The lowest BCUT2D eigenvalue weighted by molar-refractivity contribution is -0.128. The second-order valence-corrected chi connectivity index (χ2v) is 9.90. The molecule has 2 aromatic heterocycles. The Morgan fingerprint density at radius 3 is 2.37 bits per heavy atom. The first kappa shape index (κ1) is 25.9. The molecule has 3 rings (SSSR count). The summed E-state index contributed by atoms with van der Waals surface area (Å²) in [4.78, 5) is 29.8. The van der Waals surface area contributed by atoms with Crippen molar-refractivity contribution in [2.45, 2.75) is 66.1 Å². The van der Waals surface area contributed by atoms with Gasteiger partial charge in [-0.3, -0.25) is 14.5 Å². The molecule has 0 unspecified atom stereocenters. The SMILES string of the molecule is COc1ccc(N(C(=O)Cn2nnc(-c3ccc(C)o3)n2)[C@@H](CC(C)C)C(=O)NC(C)(C)C)cc1. The van der Waals surface area contributed by atoms with E-state index in [4.69, 9.17) is 9.15 Å². The van der Waals surface area contributed by atoms with Crippen molar-refractivity contribution >= 4 is 17.5 Å². The topological polar surface area (TPSA) is 115 Å². The summed E-state index contributed by atoms with van der Waals surface area (Å²) in [5.41, 5.74) is 0.122. The molecule has 0 aliphatic rings. The average Bonchev–Trinajstić information content (AvgIpc) is 3.41. The van der Waals surface area contributed by atoms with Crippen molar-refractivity contribution in [2.75, 3.05) is 12.0 Å². The fourth-order valence-electron chi connectivity index (χ4n) is 3.63. The summed E-state index contributed by atoms with van der Waals surface area (Å²) in [5, 5.41) is 15.3. The maximum Gasteiger partial charge on any atom is 0.251 e. The molecule has 10 heteroatoms. The molecular weight excluding hydrogens is 448 g/mol. The van der Waals surface area contributed by atoms with E-state index in [0.29, 0.717) is 23.6 Å². The van der Waals surface area contributed by atoms with Gasteiger partial charge in [0.2, 0.25) is 11.7 Å². The smallest absolute Gasteiger partial charge is 0.251 e. The quantitative estimate of drug-likeness (QED) is 0.495. The molecule has 1 atom stereocenters. The van der Waals surface area contributed by atoms with Crippen LogP contribution in [0, 0.1) is 12.8 Å². The molecular formula is C25H34N6O4. The van der Waals surface area contributed by atoms with E-state index in [1.165, 1.54) is 9.70 Å². The molecule has 2 amide bonds. The molecule has 0 saturated carbocycles. The second-order valence-electron chi connectivity index (χ2n) is 9.90. The summed E-state index contributed by atoms with van der Waals surface area (Å²) < 4.78 is 10.8. The molecule has 1 N–H and O–H groups in total. The number of amides is 2. The molecule has 0 fully saturated rings. The number of ether oxygens (including phenoxy) is 1. The van der Waals surface area contributed by atoms with Crippen molar-refractivity contribution in [1.82, 2.24) is 25.5 Å². The maximum atomic E-state index is 13.7. The summed E-state index contributed by atoms with van der Waals surface area (Å²) >= 11 is 0. The first-order valence-electron chi connectivity index (χ1n) is 11.6. The molecule has 35 heavy (non-hydrogen) atoms. The van der Waals surface area contributed by atoms with E-state index in [9.17, 15) is 9.59 Å². The number of nitrogens with one attached hydrogen (secondary N) is 1. The maximum absolute atomic E-state index is 13.7. The minimum atomic E-state index is -0.731. The Bertz CT molecular complexity index is 1140. The van der Waals surface area contributed by atoms with E-state index in [1.54, 1.807) is 43.5 Å². The number of carbonyl (C=O) groups is 2. The Balaban J connectivity index is 1.95. The van der Waals surface area contributed by atoms with Crippen molar-refractivity contribution in [2.24, 2.45) is 5.92 Å². The van der Waals surface area contributed by atoms with Gasteiger partial charge in [-0.25, -0.2) is 0 Å². The third-order valence-corrected chi connectivity index (χ3v) is 5.12. The Morgan fingerprint density at radius 2 is 1.83 bits per heavy atom. The number of hydrogen-bond acceptors (Lipinski definition) is 7. The highest BCUT2D eigenvalue weighted by atomic mass is 16.5. The van der Waals surface area contributed by atoms with Crippen LogP contribution in [0.1, 0.15) is 46.8 Å². The van der Waals surface area contributed by atoms with Gasteiger partial charge >= 0.3 is 0 Å². The number of nitrogens with zero attached hydrogens (tertiary/aromatic N) is 5. The largest absolute Gasteiger partial charge is 0.497 e. The zero-order valence-electron chi connectivity index (χ0n) is 21.4. The van der Waals surface area contributed by atoms with Gasteiger partial charge in [-0.1, -0.05) is 13.8 Å². The number of aryl methyl sites for hydroxylation is 1. The van der Waals surface area contributed by atoms with Gasteiger partial charge in [0.15, 0.2) is 5.76 Å². The first-order valence-corrected chi connectivity index (χ1v) is 11.6. The Hall–Kier alpha value is -3.69. The van der Waals surface area contributed by atoms with E-state index in [-0.39, 0.29) is 30.1 Å². The van der Waals surface area contributed by atoms with E-state index in [1.807, 2.05) is 41.5 Å². The number of benzene rings is 1. The molecule has 1 aromatic carbocycles. The highest BCUT2D eigenvalue weighted by Gasteiger charge is 2.34. The van der Waals surface area contributed by atoms with Crippen LogP contribution in [0.25, 0.3) is 11.6 Å². The zero-order valence-corrected chi connectivity index (χ0v) is 21.4. The van der Waals surface area contributed by atoms with Crippen LogP contribution in [0.4, 0.5) is 5.69 Å². The van der Waals surface area contributed by atoms with Crippen molar-refractivity contribution < 1.29 is 18.7 Å². The predicted octanol–water partition coefficient (Wildman–Crippen LogP) is 3.61. The second kappa shape index (κ2) is 10.7. The van der Waals surface area contributed by atoms with Crippen LogP contribution in [0.15, 0.2) is 40.8 Å². The summed E-state index contributed by atoms with van der Waals surface area (Å²) in [6.45, 7) is 11.4. The molecule has 0 bridgehead atoms. The number of hydrogen-bond donors (Lipinski definition) is 1. The molecule has 188 valence electrons. The molecule has 10 nitrogen and oxygen atoms in total. The van der Waals surface area contributed by atoms with Gasteiger partial charge in [0, 0.05) is 11.2 Å². The summed E-state index contributed by atoms with van der Waals surface area (Å²) in [5.74, 6) is 1.72. The van der Waals surface area contributed by atoms with E-state index in [2.05, 4.69) is 20.7 Å². The highest BCUT2D eigenvalue weighted by Crippen LogP contribution is 2.25. The van der Waals surface area contributed by atoms with Crippen molar-refractivity contribution in [3.05, 3.63) is 42.2 Å². The molecule has 0 saturated heterocycles. The molecule has 0 aliphatic heterocycles. The fourth-order valence-corrected chi connectivity index (χ4v) is 3.63. The van der Waals surface area contributed by atoms with Gasteiger partial charge in [-0.2, -0.15) is 4.80 Å². The highest BCUT2D eigenvalue weighted by molar-refractivity contribution is 6.00. The number of tetrazole rings is 1. The van der Waals surface area contributed by atoms with Crippen LogP contribution in [0.5, 0.6) is 5.75 Å². The molecule has 3 aromatic rings. The lowest BCUT2D eigenvalue weighted by atomic mass is 9.99. The van der Waals surface area contributed by atoms with Crippen LogP contribution in [0.2, 0.25) is 0 Å². The van der Waals surface area contributed by atoms with Crippen molar-refractivity contribution in [3.63, 3.8) is 0 Å². The number of aromatic nitrogens is 4. The molecule has 0 radical (unpaired) electrons. The van der Waals surface area contributed by atoms with Crippen molar-refractivity contribution in [1.29, 1.82) is 0 Å². The Labute approximate surface area is 205 Å². The molecule has 0 spiro atoms. The fraction of sp³-hybridized carbons (Fsp3) is 0.480. The summed E-state index contributed by atoms with van der Waals surface area (Å²) in [6, 6.07) is 9.87. The van der Waals surface area contributed by atoms with E-state index in [0.717, 1.165) is 5.76 Å². The number of furan rings is 1. The Morgan fingerprint density at radius 1 is 1.14 bits per heavy atom. The number of anilines is 1. The first-order chi connectivity index (χ1) is 16.5. The monoisotopic (exact) mass is 482 g/mol. The van der Waals surface area contributed by atoms with Crippen LogP contribution >= 0.6 is 0 Å². The zero-order chi connectivity index (χ0) is 25.8. The summed E-state index contributed by atoms with van der Waals surface area (Å²) in [6.07, 6.45) is 0.474. The molecule has 2 heterocycles. The lowest BCUT2D eigenvalue weighted by Gasteiger charge is -2.34. The number of rotatable bonds is 9. The van der Waals surface area contributed by atoms with E-state index < -0.39 is 11.6 Å². The van der Waals surface area contributed by atoms with Crippen LogP contribution < -0.4 is 15.0 Å². The minimum absolute atomic E-state index is 0.164. The average molecular weight is 483 g/mol. The van der Waals surface area contributed by atoms with E-state index >= 15 is 0 Å². The third-order valence-electron chi connectivity index (χ3n) is 5.12. The standard InChI is InChI=1S/C25H34N6O4/c1-16(2)14-20(24(33)26-25(4,5)6)31(18-9-11-19(34-7)12-10-18)22(32)15-30-28-23(27-29-30)21-13-8-17(3)35-21/h8-13,16,20H,14-15H2,1-7H3,(H,26,33)/t20-/m0/s1. The van der Waals surface area contributed by atoms with Crippen LogP contribution in [-0.4, -0.2) is 50.7 Å². The van der Waals surface area contributed by atoms with Gasteiger partial charge in [0.1, 0.15) is 24.1 Å². The molecule has 0 aliphatic carbocycles. The normalized spacial score (nSPS) is 12.5. The van der Waals surface area contributed by atoms with Gasteiger partial charge in [-0.15, -0.1) is 10.2 Å². The third kappa shape index (κ3) is 6.91. The van der Waals surface area contributed by atoms with Crippen LogP contribution in [-0.2, 0) is 16.1 Å². The lowest BCUT2D eigenvalue weighted by Crippen LogP contribution is -2.55. The van der Waals surface area contributed by atoms with Gasteiger partial charge in [0.05, 0.1) is 7.11 Å². The van der Waals surface area contributed by atoms with Gasteiger partial charge in [-0.05, 0) is 81.6 Å². The van der Waals surface area contributed by atoms with Gasteiger partial charge in [0.25, 0.3) is 5.91 Å². The predicted molar refractivity (Wildman–Crippen MR) is 132 cm³/mol.